The van der Waals surface area contributed by atoms with Gasteiger partial charge >= 0.3 is 6.03 Å². The van der Waals surface area contributed by atoms with E-state index in [0.717, 1.165) is 5.56 Å². The average molecular weight is 344 g/mol. The van der Waals surface area contributed by atoms with Crippen molar-refractivity contribution in [2.24, 2.45) is 0 Å². The number of carbonyl (C=O) groups excluding carboxylic acids is 2. The fourth-order valence-corrected chi connectivity index (χ4v) is 2.16. The lowest BCUT2D eigenvalue weighted by molar-refractivity contribution is 0.0954. The summed E-state index contributed by atoms with van der Waals surface area (Å²) in [5.74, 6) is -0.527. The van der Waals surface area contributed by atoms with Crippen molar-refractivity contribution in [2.45, 2.75) is 13.0 Å². The molecule has 1 aromatic heterocycles. The summed E-state index contributed by atoms with van der Waals surface area (Å²) in [6, 6.07) is 9.30. The van der Waals surface area contributed by atoms with Gasteiger partial charge in [0.15, 0.2) is 0 Å². The molecule has 0 aliphatic heterocycles. The zero-order valence-electron chi connectivity index (χ0n) is 14.3. The number of halogens is 1. The van der Waals surface area contributed by atoms with Crippen LogP contribution in [-0.2, 0) is 13.0 Å². The third-order valence-corrected chi connectivity index (χ3v) is 3.49. The van der Waals surface area contributed by atoms with E-state index >= 15 is 0 Å². The summed E-state index contributed by atoms with van der Waals surface area (Å²) in [7, 11) is 3.29. The number of amides is 3. The molecule has 1 aromatic carbocycles. The molecular weight excluding hydrogens is 323 g/mol. The van der Waals surface area contributed by atoms with Crippen LogP contribution in [0.1, 0.15) is 21.6 Å². The Balaban J connectivity index is 1.86. The summed E-state index contributed by atoms with van der Waals surface area (Å²) in [5, 5.41) is 5.48. The predicted octanol–water partition coefficient (Wildman–Crippen LogP) is 1.96. The second-order valence-electron chi connectivity index (χ2n) is 5.72. The maximum atomic E-state index is 13.1. The van der Waals surface area contributed by atoms with Crippen molar-refractivity contribution in [3.63, 3.8) is 0 Å². The maximum Gasteiger partial charge on any atom is 0.317 e. The summed E-state index contributed by atoms with van der Waals surface area (Å²) in [5.41, 5.74) is 1.87. The number of hydrogen-bond donors (Lipinski definition) is 2. The van der Waals surface area contributed by atoms with Crippen LogP contribution >= 0.6 is 0 Å². The van der Waals surface area contributed by atoms with Crippen LogP contribution < -0.4 is 10.6 Å². The minimum absolute atomic E-state index is 0.230. The Morgan fingerprint density at radius 3 is 2.68 bits per heavy atom. The van der Waals surface area contributed by atoms with E-state index in [1.165, 1.54) is 23.2 Å². The Bertz CT molecular complexity index is 749. The number of rotatable bonds is 6. The first-order chi connectivity index (χ1) is 12.0. The molecule has 6 nitrogen and oxygen atoms in total. The summed E-state index contributed by atoms with van der Waals surface area (Å²) in [6.45, 7) is 0.638. The van der Waals surface area contributed by atoms with E-state index in [4.69, 9.17) is 0 Å². The number of hydrogen-bond acceptors (Lipinski definition) is 3. The Morgan fingerprint density at radius 1 is 1.16 bits per heavy atom. The molecular formula is C18H21FN4O2. The summed E-state index contributed by atoms with van der Waals surface area (Å²) >= 11 is 0. The minimum atomic E-state index is -0.289. The molecule has 2 aromatic rings. The van der Waals surface area contributed by atoms with Gasteiger partial charge in [-0.1, -0.05) is 12.1 Å². The lowest BCUT2D eigenvalue weighted by atomic mass is 10.1. The molecule has 25 heavy (non-hydrogen) atoms. The van der Waals surface area contributed by atoms with Crippen molar-refractivity contribution in [3.05, 3.63) is 65.2 Å². The number of nitrogens with one attached hydrogen (secondary N) is 2. The van der Waals surface area contributed by atoms with Gasteiger partial charge in [-0.25, -0.2) is 9.18 Å². The SMILES string of the molecule is CN(C)C(=O)NCc1cc(C(=O)NCCc2cccc(F)c2)ccn1. The van der Waals surface area contributed by atoms with Crippen molar-refractivity contribution in [3.8, 4) is 0 Å². The molecule has 0 fully saturated rings. The Morgan fingerprint density at radius 2 is 1.96 bits per heavy atom. The molecule has 0 saturated heterocycles. The van der Waals surface area contributed by atoms with Crippen LogP contribution in [0.4, 0.5) is 9.18 Å². The van der Waals surface area contributed by atoms with E-state index in [-0.39, 0.29) is 24.3 Å². The predicted molar refractivity (Wildman–Crippen MR) is 92.6 cm³/mol. The van der Waals surface area contributed by atoms with Crippen molar-refractivity contribution >= 4 is 11.9 Å². The van der Waals surface area contributed by atoms with Crippen molar-refractivity contribution in [2.75, 3.05) is 20.6 Å². The van der Waals surface area contributed by atoms with Gasteiger partial charge in [0.2, 0.25) is 0 Å². The van der Waals surface area contributed by atoms with Crippen LogP contribution in [0.2, 0.25) is 0 Å². The highest BCUT2D eigenvalue weighted by Gasteiger charge is 2.08. The first-order valence-corrected chi connectivity index (χ1v) is 7.88. The number of pyridine rings is 1. The van der Waals surface area contributed by atoms with E-state index in [1.54, 1.807) is 32.3 Å². The highest BCUT2D eigenvalue weighted by molar-refractivity contribution is 5.94. The molecule has 0 bridgehead atoms. The number of urea groups is 1. The minimum Gasteiger partial charge on any atom is -0.352 e. The number of benzene rings is 1. The fourth-order valence-electron chi connectivity index (χ4n) is 2.16. The van der Waals surface area contributed by atoms with Gasteiger partial charge < -0.3 is 15.5 Å². The van der Waals surface area contributed by atoms with Gasteiger partial charge in [0.25, 0.3) is 5.91 Å². The molecule has 0 aliphatic carbocycles. The zero-order valence-corrected chi connectivity index (χ0v) is 14.3. The molecule has 7 heteroatoms. The zero-order chi connectivity index (χ0) is 18.2. The van der Waals surface area contributed by atoms with E-state index in [1.807, 2.05) is 6.07 Å². The fraction of sp³-hybridized carbons (Fsp3) is 0.278. The lowest BCUT2D eigenvalue weighted by Crippen LogP contribution is -2.34. The molecule has 132 valence electrons. The third kappa shape index (κ3) is 5.87. The first kappa shape index (κ1) is 18.4. The summed E-state index contributed by atoms with van der Waals surface area (Å²) in [6.07, 6.45) is 2.07. The molecule has 0 spiro atoms. The first-order valence-electron chi connectivity index (χ1n) is 7.88. The van der Waals surface area contributed by atoms with Gasteiger partial charge in [-0.3, -0.25) is 9.78 Å². The molecule has 0 aliphatic rings. The molecule has 0 radical (unpaired) electrons. The molecule has 0 atom stereocenters. The molecule has 0 unspecified atom stereocenters. The summed E-state index contributed by atoms with van der Waals surface area (Å²) in [4.78, 5) is 29.3. The molecule has 1 heterocycles. The van der Waals surface area contributed by atoms with Crippen molar-refractivity contribution in [1.82, 2.24) is 20.5 Å². The average Bonchev–Trinajstić information content (AvgIpc) is 2.59. The van der Waals surface area contributed by atoms with Crippen LogP contribution in [-0.4, -0.2) is 42.5 Å². The number of nitrogens with zero attached hydrogens (tertiary/aromatic N) is 2. The second-order valence-corrected chi connectivity index (χ2v) is 5.72. The van der Waals surface area contributed by atoms with Gasteiger partial charge in [0, 0.05) is 32.4 Å². The third-order valence-electron chi connectivity index (χ3n) is 3.49. The highest BCUT2D eigenvalue weighted by atomic mass is 19.1. The van der Waals surface area contributed by atoms with Gasteiger partial charge in [-0.05, 0) is 36.2 Å². The normalized spacial score (nSPS) is 10.2. The topological polar surface area (TPSA) is 74.3 Å². The van der Waals surface area contributed by atoms with Gasteiger partial charge in [0.05, 0.1) is 12.2 Å². The smallest absolute Gasteiger partial charge is 0.317 e. The van der Waals surface area contributed by atoms with Gasteiger partial charge in [-0.15, -0.1) is 0 Å². The van der Waals surface area contributed by atoms with Crippen LogP contribution in [0.15, 0.2) is 42.6 Å². The van der Waals surface area contributed by atoms with Crippen molar-refractivity contribution in [1.29, 1.82) is 0 Å². The van der Waals surface area contributed by atoms with Crippen molar-refractivity contribution < 1.29 is 14.0 Å². The quantitative estimate of drug-likeness (QED) is 0.841. The monoisotopic (exact) mass is 344 g/mol. The van der Waals surface area contributed by atoms with Crippen LogP contribution in [0, 0.1) is 5.82 Å². The van der Waals surface area contributed by atoms with Crippen LogP contribution in [0.25, 0.3) is 0 Å². The van der Waals surface area contributed by atoms with E-state index in [0.29, 0.717) is 24.2 Å². The molecule has 2 N–H and O–H groups in total. The van der Waals surface area contributed by atoms with E-state index in [2.05, 4.69) is 15.6 Å². The Hall–Kier alpha value is -2.96. The lowest BCUT2D eigenvalue weighted by Gasteiger charge is -2.12. The number of aromatic nitrogens is 1. The van der Waals surface area contributed by atoms with Crippen LogP contribution in [0.5, 0.6) is 0 Å². The Kier molecular flexibility index (Phi) is 6.45. The summed E-state index contributed by atoms with van der Waals surface area (Å²) < 4.78 is 13.1. The second kappa shape index (κ2) is 8.77. The molecule has 2 rings (SSSR count). The number of carbonyl (C=O) groups is 2. The maximum absolute atomic E-state index is 13.1. The Labute approximate surface area is 146 Å². The molecule has 0 saturated carbocycles. The van der Waals surface area contributed by atoms with Gasteiger partial charge in [-0.2, -0.15) is 0 Å². The standard InChI is InChI=1S/C18H21FN4O2/c1-23(2)18(25)22-12-16-11-14(7-9-20-16)17(24)21-8-6-13-4-3-5-15(19)10-13/h3-5,7,9-11H,6,8,12H2,1-2H3,(H,21,24)(H,22,25). The largest absolute Gasteiger partial charge is 0.352 e. The van der Waals surface area contributed by atoms with Gasteiger partial charge in [0.1, 0.15) is 5.82 Å². The van der Waals surface area contributed by atoms with Crippen LogP contribution in [0.3, 0.4) is 0 Å². The molecule has 3 amide bonds. The van der Waals surface area contributed by atoms with E-state index < -0.39 is 0 Å². The highest BCUT2D eigenvalue weighted by Crippen LogP contribution is 2.05. The van der Waals surface area contributed by atoms with E-state index in [9.17, 15) is 14.0 Å².